The molecule has 0 aliphatic rings. The van der Waals surface area contributed by atoms with Crippen LogP contribution in [0, 0.1) is 11.3 Å². The molecule has 0 saturated carbocycles. The number of benzene rings is 2. The van der Waals surface area contributed by atoms with Crippen LogP contribution in [0.15, 0.2) is 53.4 Å². The largest absolute Gasteiger partial charge is 0.497 e. The molecule has 0 atom stereocenters. The second-order valence-electron chi connectivity index (χ2n) is 3.98. The van der Waals surface area contributed by atoms with E-state index in [4.69, 9.17) is 10.00 Å². The quantitative estimate of drug-likeness (QED) is 0.936. The Morgan fingerprint density at radius 2 is 1.90 bits per heavy atom. The molecule has 0 aliphatic heterocycles. The maximum atomic E-state index is 12.2. The van der Waals surface area contributed by atoms with Crippen LogP contribution < -0.4 is 9.46 Å². The molecule has 0 spiro atoms. The molecule has 0 heterocycles. The Morgan fingerprint density at radius 3 is 2.60 bits per heavy atom. The molecule has 0 fully saturated rings. The molecule has 5 nitrogen and oxygen atoms in total. The van der Waals surface area contributed by atoms with Gasteiger partial charge in [0, 0.05) is 6.07 Å². The van der Waals surface area contributed by atoms with Gasteiger partial charge in [0.1, 0.15) is 5.75 Å². The lowest BCUT2D eigenvalue weighted by Gasteiger charge is -2.09. The smallest absolute Gasteiger partial charge is 0.261 e. The molecule has 0 saturated heterocycles. The van der Waals surface area contributed by atoms with Crippen molar-refractivity contribution in [3.63, 3.8) is 0 Å². The average molecular weight is 288 g/mol. The summed E-state index contributed by atoms with van der Waals surface area (Å²) in [5, 5.41) is 8.80. The van der Waals surface area contributed by atoms with E-state index in [0.29, 0.717) is 17.0 Å². The number of methoxy groups -OCH3 is 1. The van der Waals surface area contributed by atoms with Crippen molar-refractivity contribution in [3.8, 4) is 11.8 Å². The first-order chi connectivity index (χ1) is 9.55. The first kappa shape index (κ1) is 13.9. The van der Waals surface area contributed by atoms with E-state index in [1.165, 1.54) is 25.3 Å². The molecule has 102 valence electrons. The summed E-state index contributed by atoms with van der Waals surface area (Å²) in [6, 6.07) is 14.3. The highest BCUT2D eigenvalue weighted by atomic mass is 32.2. The van der Waals surface area contributed by atoms with Gasteiger partial charge in [0.2, 0.25) is 0 Å². The summed E-state index contributed by atoms with van der Waals surface area (Å²) in [4.78, 5) is 0.0411. The normalized spacial score (nSPS) is 10.6. The molecular formula is C14H12N2O3S. The topological polar surface area (TPSA) is 79.2 Å². The molecule has 0 bridgehead atoms. The summed E-state index contributed by atoms with van der Waals surface area (Å²) in [7, 11) is -2.22. The van der Waals surface area contributed by atoms with Crippen LogP contribution in [0.1, 0.15) is 5.56 Å². The molecule has 0 radical (unpaired) electrons. The summed E-state index contributed by atoms with van der Waals surface area (Å²) < 4.78 is 31.9. The fourth-order valence-corrected chi connectivity index (χ4v) is 2.73. The van der Waals surface area contributed by atoms with Gasteiger partial charge in [0.05, 0.1) is 29.3 Å². The monoisotopic (exact) mass is 288 g/mol. The van der Waals surface area contributed by atoms with E-state index in [1.807, 2.05) is 6.07 Å². The number of ether oxygens (including phenoxy) is 1. The lowest BCUT2D eigenvalue weighted by atomic mass is 10.2. The Hall–Kier alpha value is -2.52. The van der Waals surface area contributed by atoms with Crippen LogP contribution >= 0.6 is 0 Å². The van der Waals surface area contributed by atoms with Crippen molar-refractivity contribution in [3.05, 3.63) is 54.1 Å². The third-order valence-electron chi connectivity index (χ3n) is 2.60. The van der Waals surface area contributed by atoms with Crippen molar-refractivity contribution < 1.29 is 13.2 Å². The van der Waals surface area contributed by atoms with Crippen LogP contribution in [0.2, 0.25) is 0 Å². The zero-order chi connectivity index (χ0) is 14.6. The Balaban J connectivity index is 2.33. The number of anilines is 1. The van der Waals surface area contributed by atoms with E-state index >= 15 is 0 Å². The minimum Gasteiger partial charge on any atom is -0.497 e. The van der Waals surface area contributed by atoms with Gasteiger partial charge in [0.25, 0.3) is 10.0 Å². The zero-order valence-electron chi connectivity index (χ0n) is 10.7. The van der Waals surface area contributed by atoms with Crippen LogP contribution in [0.3, 0.4) is 0 Å². The Bertz CT molecular complexity index is 764. The van der Waals surface area contributed by atoms with Crippen LogP contribution in [0.4, 0.5) is 5.69 Å². The number of hydrogen-bond donors (Lipinski definition) is 1. The summed E-state index contributed by atoms with van der Waals surface area (Å²) in [5.74, 6) is 0.552. The standard InChI is InChI=1S/C14H12N2O3S/c1-19-13-6-3-5-12(9-13)16-20(17,18)14-7-2-4-11(8-14)10-15/h2-9,16H,1H3. The van der Waals surface area contributed by atoms with E-state index in [-0.39, 0.29) is 4.90 Å². The zero-order valence-corrected chi connectivity index (χ0v) is 11.5. The Morgan fingerprint density at radius 1 is 1.15 bits per heavy atom. The van der Waals surface area contributed by atoms with Gasteiger partial charge in [-0.15, -0.1) is 0 Å². The number of hydrogen-bond acceptors (Lipinski definition) is 4. The molecule has 1 N–H and O–H groups in total. The fourth-order valence-electron chi connectivity index (χ4n) is 1.63. The van der Waals surface area contributed by atoms with Gasteiger partial charge in [-0.25, -0.2) is 8.42 Å². The minimum absolute atomic E-state index is 0.0411. The van der Waals surface area contributed by atoms with Crippen molar-refractivity contribution in [1.82, 2.24) is 0 Å². The molecule has 2 aromatic carbocycles. The van der Waals surface area contributed by atoms with E-state index < -0.39 is 10.0 Å². The first-order valence-electron chi connectivity index (χ1n) is 5.72. The van der Waals surface area contributed by atoms with E-state index in [9.17, 15) is 8.42 Å². The fraction of sp³-hybridized carbons (Fsp3) is 0.0714. The van der Waals surface area contributed by atoms with Crippen molar-refractivity contribution >= 4 is 15.7 Å². The van der Waals surface area contributed by atoms with Gasteiger partial charge in [-0.1, -0.05) is 12.1 Å². The summed E-state index contributed by atoms with van der Waals surface area (Å²) in [6.45, 7) is 0. The first-order valence-corrected chi connectivity index (χ1v) is 7.20. The summed E-state index contributed by atoms with van der Waals surface area (Å²) in [6.07, 6.45) is 0. The van der Waals surface area contributed by atoms with Crippen molar-refractivity contribution in [2.75, 3.05) is 11.8 Å². The third kappa shape index (κ3) is 3.08. The molecule has 0 aromatic heterocycles. The highest BCUT2D eigenvalue weighted by Gasteiger charge is 2.14. The number of rotatable bonds is 4. The van der Waals surface area contributed by atoms with Gasteiger partial charge >= 0.3 is 0 Å². The Kier molecular flexibility index (Phi) is 3.91. The molecule has 0 unspecified atom stereocenters. The molecule has 2 aromatic rings. The maximum Gasteiger partial charge on any atom is 0.261 e. The van der Waals surface area contributed by atoms with Gasteiger partial charge in [-0.3, -0.25) is 4.72 Å². The molecule has 0 aliphatic carbocycles. The van der Waals surface area contributed by atoms with Crippen LogP contribution in [-0.2, 0) is 10.0 Å². The van der Waals surface area contributed by atoms with Crippen molar-refractivity contribution in [1.29, 1.82) is 5.26 Å². The van der Waals surface area contributed by atoms with Crippen molar-refractivity contribution in [2.45, 2.75) is 4.90 Å². The van der Waals surface area contributed by atoms with E-state index in [0.717, 1.165) is 0 Å². The summed E-state index contributed by atoms with van der Waals surface area (Å²) >= 11 is 0. The molecule has 0 amide bonds. The lowest BCUT2D eigenvalue weighted by molar-refractivity contribution is 0.415. The van der Waals surface area contributed by atoms with Crippen LogP contribution in [-0.4, -0.2) is 15.5 Å². The van der Waals surface area contributed by atoms with Gasteiger partial charge < -0.3 is 4.74 Å². The highest BCUT2D eigenvalue weighted by molar-refractivity contribution is 7.92. The predicted octanol–water partition coefficient (Wildman–Crippen LogP) is 2.37. The van der Waals surface area contributed by atoms with Gasteiger partial charge in [-0.05, 0) is 30.3 Å². The van der Waals surface area contributed by atoms with Crippen LogP contribution in [0.25, 0.3) is 0 Å². The number of nitrogens with zero attached hydrogens (tertiary/aromatic N) is 1. The van der Waals surface area contributed by atoms with Gasteiger partial charge in [0.15, 0.2) is 0 Å². The third-order valence-corrected chi connectivity index (χ3v) is 3.97. The molecular weight excluding hydrogens is 276 g/mol. The van der Waals surface area contributed by atoms with Crippen molar-refractivity contribution in [2.24, 2.45) is 0 Å². The van der Waals surface area contributed by atoms with Gasteiger partial charge in [-0.2, -0.15) is 5.26 Å². The molecule has 6 heteroatoms. The SMILES string of the molecule is COc1cccc(NS(=O)(=O)c2cccc(C#N)c2)c1. The number of nitriles is 1. The Labute approximate surface area is 117 Å². The summed E-state index contributed by atoms with van der Waals surface area (Å²) in [5.41, 5.74) is 0.685. The highest BCUT2D eigenvalue weighted by Crippen LogP contribution is 2.20. The number of nitrogens with one attached hydrogen (secondary N) is 1. The second-order valence-corrected chi connectivity index (χ2v) is 5.66. The minimum atomic E-state index is -3.73. The van der Waals surface area contributed by atoms with Crippen LogP contribution in [0.5, 0.6) is 5.75 Å². The average Bonchev–Trinajstić information content (AvgIpc) is 2.47. The predicted molar refractivity (Wildman–Crippen MR) is 75.0 cm³/mol. The maximum absolute atomic E-state index is 12.2. The number of sulfonamides is 1. The van der Waals surface area contributed by atoms with E-state index in [1.54, 1.807) is 30.3 Å². The molecule has 20 heavy (non-hydrogen) atoms. The lowest BCUT2D eigenvalue weighted by Crippen LogP contribution is -2.13. The second kappa shape index (κ2) is 5.63. The van der Waals surface area contributed by atoms with E-state index in [2.05, 4.69) is 4.72 Å². The molecule has 2 rings (SSSR count).